The van der Waals surface area contributed by atoms with Crippen LogP contribution in [0.4, 0.5) is 5.82 Å². The van der Waals surface area contributed by atoms with E-state index in [4.69, 9.17) is 11.6 Å². The first-order chi connectivity index (χ1) is 10.2. The summed E-state index contributed by atoms with van der Waals surface area (Å²) in [6.45, 7) is 6.16. The highest BCUT2D eigenvalue weighted by molar-refractivity contribution is 6.32. The molecule has 4 heteroatoms. The van der Waals surface area contributed by atoms with Crippen LogP contribution in [0.1, 0.15) is 32.1 Å². The van der Waals surface area contributed by atoms with E-state index in [0.717, 1.165) is 29.8 Å². The van der Waals surface area contributed by atoms with E-state index in [1.54, 1.807) is 0 Å². The average Bonchev–Trinajstić information content (AvgIpc) is 3.21. The maximum Gasteiger partial charge on any atom is 0.147 e. The minimum Gasteiger partial charge on any atom is -0.355 e. The molecule has 0 unspecified atom stereocenters. The lowest BCUT2D eigenvalue weighted by atomic mass is 9.79. The number of rotatable bonds is 3. The minimum atomic E-state index is 0.480. The summed E-state index contributed by atoms with van der Waals surface area (Å²) in [6, 6.07) is 3.87. The van der Waals surface area contributed by atoms with Crippen molar-refractivity contribution in [2.45, 2.75) is 32.1 Å². The van der Waals surface area contributed by atoms with Gasteiger partial charge in [-0.2, -0.15) is 0 Å². The molecule has 1 aliphatic carbocycles. The topological polar surface area (TPSA) is 19.4 Å². The van der Waals surface area contributed by atoms with E-state index in [9.17, 15) is 0 Å². The molecule has 21 heavy (non-hydrogen) atoms. The van der Waals surface area contributed by atoms with E-state index in [0.29, 0.717) is 5.41 Å². The van der Waals surface area contributed by atoms with Crippen LogP contribution < -0.4 is 4.90 Å². The van der Waals surface area contributed by atoms with Crippen molar-refractivity contribution >= 4 is 17.4 Å². The molecule has 0 radical (unpaired) electrons. The molecule has 1 aromatic heterocycles. The molecule has 0 bridgehead atoms. The van der Waals surface area contributed by atoms with Crippen LogP contribution in [0.25, 0.3) is 0 Å². The number of hydrogen-bond acceptors (Lipinski definition) is 3. The Bertz CT molecular complexity index is 517. The Balaban J connectivity index is 1.45. The van der Waals surface area contributed by atoms with E-state index in [1.165, 1.54) is 51.7 Å². The van der Waals surface area contributed by atoms with Crippen LogP contribution in [0.3, 0.4) is 0 Å². The van der Waals surface area contributed by atoms with Crippen molar-refractivity contribution < 1.29 is 0 Å². The Morgan fingerprint density at radius 2 is 2.14 bits per heavy atom. The molecule has 3 nitrogen and oxygen atoms in total. The summed E-state index contributed by atoms with van der Waals surface area (Å²) in [4.78, 5) is 9.63. The van der Waals surface area contributed by atoms with Crippen LogP contribution in [0.15, 0.2) is 18.3 Å². The van der Waals surface area contributed by atoms with Crippen molar-refractivity contribution in [3.8, 4) is 0 Å². The van der Waals surface area contributed by atoms with Gasteiger partial charge >= 0.3 is 0 Å². The number of anilines is 1. The number of piperidine rings is 1. The number of pyridine rings is 1. The zero-order valence-corrected chi connectivity index (χ0v) is 13.4. The highest BCUT2D eigenvalue weighted by atomic mass is 35.5. The first-order valence-electron chi connectivity index (χ1n) is 8.32. The molecule has 1 saturated carbocycles. The van der Waals surface area contributed by atoms with Gasteiger partial charge < -0.3 is 9.80 Å². The quantitative estimate of drug-likeness (QED) is 0.853. The van der Waals surface area contributed by atoms with E-state index < -0.39 is 0 Å². The van der Waals surface area contributed by atoms with Gasteiger partial charge in [0.15, 0.2) is 0 Å². The molecule has 1 spiro atoms. The SMILES string of the molecule is Clc1cccnc1N1CC[C@@]2(CCCN(CC3CC3)C2)C1. The Morgan fingerprint density at radius 3 is 2.95 bits per heavy atom. The average molecular weight is 306 g/mol. The normalized spacial score (nSPS) is 30.2. The first-order valence-corrected chi connectivity index (χ1v) is 8.70. The van der Waals surface area contributed by atoms with Gasteiger partial charge in [0.2, 0.25) is 0 Å². The summed E-state index contributed by atoms with van der Waals surface area (Å²) in [5.41, 5.74) is 0.480. The molecule has 2 saturated heterocycles. The number of likely N-dealkylation sites (tertiary alicyclic amines) is 1. The van der Waals surface area contributed by atoms with Crippen molar-refractivity contribution in [1.82, 2.24) is 9.88 Å². The summed E-state index contributed by atoms with van der Waals surface area (Å²) < 4.78 is 0. The van der Waals surface area contributed by atoms with Gasteiger partial charge in [-0.15, -0.1) is 0 Å². The minimum absolute atomic E-state index is 0.480. The lowest BCUT2D eigenvalue weighted by molar-refractivity contribution is 0.101. The lowest BCUT2D eigenvalue weighted by Gasteiger charge is -2.40. The van der Waals surface area contributed by atoms with Crippen LogP contribution >= 0.6 is 11.6 Å². The zero-order valence-electron chi connectivity index (χ0n) is 12.6. The fraction of sp³-hybridized carbons (Fsp3) is 0.706. The van der Waals surface area contributed by atoms with E-state index in [1.807, 2.05) is 18.3 Å². The van der Waals surface area contributed by atoms with E-state index in [-0.39, 0.29) is 0 Å². The molecule has 0 aromatic carbocycles. The first kappa shape index (κ1) is 13.8. The third kappa shape index (κ3) is 2.91. The second-order valence-corrected chi connectivity index (χ2v) is 7.67. The number of halogens is 1. The third-order valence-electron chi connectivity index (χ3n) is 5.43. The van der Waals surface area contributed by atoms with Crippen molar-refractivity contribution in [2.75, 3.05) is 37.6 Å². The molecule has 114 valence electrons. The van der Waals surface area contributed by atoms with Gasteiger partial charge in [-0.1, -0.05) is 11.6 Å². The van der Waals surface area contributed by atoms with Crippen LogP contribution in [-0.4, -0.2) is 42.6 Å². The maximum absolute atomic E-state index is 6.32. The molecule has 2 aliphatic heterocycles. The smallest absolute Gasteiger partial charge is 0.147 e. The van der Waals surface area contributed by atoms with Gasteiger partial charge in [0, 0.05) is 37.8 Å². The van der Waals surface area contributed by atoms with Crippen LogP contribution in [0, 0.1) is 11.3 Å². The van der Waals surface area contributed by atoms with Gasteiger partial charge in [-0.3, -0.25) is 0 Å². The van der Waals surface area contributed by atoms with Crippen LogP contribution in [0.2, 0.25) is 5.02 Å². The van der Waals surface area contributed by atoms with Crippen LogP contribution in [0.5, 0.6) is 0 Å². The molecule has 3 aliphatic rings. The summed E-state index contributed by atoms with van der Waals surface area (Å²) in [7, 11) is 0. The van der Waals surface area contributed by atoms with Crippen LogP contribution in [-0.2, 0) is 0 Å². The fourth-order valence-electron chi connectivity index (χ4n) is 4.19. The second kappa shape index (κ2) is 5.44. The van der Waals surface area contributed by atoms with E-state index >= 15 is 0 Å². The Labute approximate surface area is 132 Å². The molecule has 3 fully saturated rings. The van der Waals surface area contributed by atoms with Gasteiger partial charge in [0.1, 0.15) is 5.82 Å². The lowest BCUT2D eigenvalue weighted by Crippen LogP contribution is -2.45. The second-order valence-electron chi connectivity index (χ2n) is 7.26. The summed E-state index contributed by atoms with van der Waals surface area (Å²) in [5, 5.41) is 0.792. The number of nitrogens with zero attached hydrogens (tertiary/aromatic N) is 3. The summed E-state index contributed by atoms with van der Waals surface area (Å²) in [6.07, 6.45) is 8.79. The Morgan fingerprint density at radius 1 is 1.24 bits per heavy atom. The molecular weight excluding hydrogens is 282 g/mol. The molecule has 3 heterocycles. The van der Waals surface area contributed by atoms with Crippen molar-refractivity contribution in [3.05, 3.63) is 23.4 Å². The number of hydrogen-bond donors (Lipinski definition) is 0. The molecule has 1 aromatic rings. The van der Waals surface area contributed by atoms with Gasteiger partial charge in [0.05, 0.1) is 5.02 Å². The summed E-state index contributed by atoms with van der Waals surface area (Å²) >= 11 is 6.32. The highest BCUT2D eigenvalue weighted by Crippen LogP contribution is 2.42. The zero-order chi connectivity index (χ0) is 14.3. The third-order valence-corrected chi connectivity index (χ3v) is 5.73. The maximum atomic E-state index is 6.32. The molecule has 0 amide bonds. The van der Waals surface area contributed by atoms with Crippen molar-refractivity contribution in [1.29, 1.82) is 0 Å². The number of aromatic nitrogens is 1. The van der Waals surface area contributed by atoms with Crippen molar-refractivity contribution in [2.24, 2.45) is 11.3 Å². The standard InChI is InChI=1S/C17H24ClN3/c18-15-3-1-8-19-16(15)21-10-7-17(13-21)6-2-9-20(12-17)11-14-4-5-14/h1,3,8,14H,2,4-7,9-13H2/t17-/m1/s1. The highest BCUT2D eigenvalue weighted by Gasteiger charge is 2.42. The molecule has 0 N–H and O–H groups in total. The monoisotopic (exact) mass is 305 g/mol. The van der Waals surface area contributed by atoms with Gasteiger partial charge in [-0.25, -0.2) is 4.98 Å². The summed E-state index contributed by atoms with van der Waals surface area (Å²) in [5.74, 6) is 1.98. The fourth-order valence-corrected chi connectivity index (χ4v) is 4.43. The predicted octanol–water partition coefficient (Wildman–Crippen LogP) is 3.44. The predicted molar refractivity (Wildman–Crippen MR) is 86.9 cm³/mol. The van der Waals surface area contributed by atoms with E-state index in [2.05, 4.69) is 14.8 Å². The van der Waals surface area contributed by atoms with Gasteiger partial charge in [-0.05, 0) is 56.7 Å². The van der Waals surface area contributed by atoms with Gasteiger partial charge in [0.25, 0.3) is 0 Å². The largest absolute Gasteiger partial charge is 0.355 e. The van der Waals surface area contributed by atoms with Crippen molar-refractivity contribution in [3.63, 3.8) is 0 Å². The molecule has 1 atom stereocenters. The molecule has 4 rings (SSSR count). The Hall–Kier alpha value is -0.800. The molecular formula is C17H24ClN3. The Kier molecular flexibility index (Phi) is 3.58.